The lowest BCUT2D eigenvalue weighted by Crippen LogP contribution is -2.45. The summed E-state index contributed by atoms with van der Waals surface area (Å²) < 4.78 is 0. The van der Waals surface area contributed by atoms with Crippen LogP contribution in [0, 0.1) is 0 Å². The van der Waals surface area contributed by atoms with E-state index in [9.17, 15) is 0 Å². The molecule has 2 aromatic rings. The predicted molar refractivity (Wildman–Crippen MR) is 90.9 cm³/mol. The van der Waals surface area contributed by atoms with Crippen molar-refractivity contribution in [1.29, 1.82) is 0 Å². The van der Waals surface area contributed by atoms with Crippen molar-refractivity contribution in [3.8, 4) is 0 Å². The van der Waals surface area contributed by atoms with Crippen LogP contribution in [0.15, 0.2) is 30.6 Å². The van der Waals surface area contributed by atoms with Crippen molar-refractivity contribution in [3.05, 3.63) is 35.6 Å². The van der Waals surface area contributed by atoms with Crippen LogP contribution in [0.3, 0.4) is 0 Å². The number of halogens is 1. The van der Waals surface area contributed by atoms with E-state index < -0.39 is 0 Å². The number of aromatic nitrogens is 2. The molecule has 1 aliphatic rings. The monoisotopic (exact) mass is 318 g/mol. The third-order valence-electron chi connectivity index (χ3n) is 3.79. The molecule has 1 aromatic carbocycles. The van der Waals surface area contributed by atoms with Crippen molar-refractivity contribution in [3.63, 3.8) is 0 Å². The number of nitrogens with one attached hydrogen (secondary N) is 1. The first-order chi connectivity index (χ1) is 10.6. The molecule has 0 saturated carbocycles. The molecule has 1 aromatic heterocycles. The van der Waals surface area contributed by atoms with Crippen LogP contribution < -0.4 is 16.0 Å². The van der Waals surface area contributed by atoms with Crippen molar-refractivity contribution >= 4 is 34.6 Å². The summed E-state index contributed by atoms with van der Waals surface area (Å²) in [4.78, 5) is 13.1. The highest BCUT2D eigenvalue weighted by atomic mass is 35.5. The Hall–Kier alpha value is -2.05. The first kappa shape index (κ1) is 14.9. The highest BCUT2D eigenvalue weighted by Crippen LogP contribution is 2.31. The molecule has 0 amide bonds. The molecular weight excluding hydrogens is 300 g/mol. The molecule has 1 fully saturated rings. The van der Waals surface area contributed by atoms with E-state index in [0.29, 0.717) is 16.5 Å². The summed E-state index contributed by atoms with van der Waals surface area (Å²) in [5.74, 6) is 1.36. The number of benzene rings is 1. The second-order valence-electron chi connectivity index (χ2n) is 5.35. The van der Waals surface area contributed by atoms with Gasteiger partial charge in [0.2, 0.25) is 0 Å². The summed E-state index contributed by atoms with van der Waals surface area (Å²) in [6.07, 6.45) is 1.53. The molecule has 0 atom stereocenters. The number of para-hydroxylation sites is 1. The summed E-state index contributed by atoms with van der Waals surface area (Å²) in [5.41, 5.74) is 7.59. The van der Waals surface area contributed by atoms with Crippen LogP contribution in [0.2, 0.25) is 5.02 Å². The normalized spacial score (nSPS) is 15.8. The second-order valence-corrected chi connectivity index (χ2v) is 5.76. The number of anilines is 4. The van der Waals surface area contributed by atoms with Gasteiger partial charge in [-0.05, 0) is 19.2 Å². The first-order valence-corrected chi connectivity index (χ1v) is 7.58. The van der Waals surface area contributed by atoms with Crippen LogP contribution >= 0.6 is 11.6 Å². The number of hydrogen-bond acceptors (Lipinski definition) is 6. The fraction of sp³-hybridized carbons (Fsp3) is 0.333. The Kier molecular flexibility index (Phi) is 4.31. The van der Waals surface area contributed by atoms with E-state index in [-0.39, 0.29) is 0 Å². The fourth-order valence-electron chi connectivity index (χ4n) is 2.45. The smallest absolute Gasteiger partial charge is 0.159 e. The Morgan fingerprint density at radius 1 is 1.14 bits per heavy atom. The largest absolute Gasteiger partial charge is 0.393 e. The second kappa shape index (κ2) is 6.37. The number of rotatable bonds is 3. The fourth-order valence-corrected chi connectivity index (χ4v) is 2.63. The minimum Gasteiger partial charge on any atom is -0.393 e. The molecule has 0 unspecified atom stereocenters. The summed E-state index contributed by atoms with van der Waals surface area (Å²) in [6, 6.07) is 7.50. The lowest BCUT2D eigenvalue weighted by molar-refractivity contribution is 0.312. The third kappa shape index (κ3) is 3.08. The van der Waals surface area contributed by atoms with Gasteiger partial charge in [-0.3, -0.25) is 0 Å². The van der Waals surface area contributed by atoms with E-state index in [1.807, 2.05) is 24.3 Å². The van der Waals surface area contributed by atoms with Crippen molar-refractivity contribution in [1.82, 2.24) is 14.9 Å². The Morgan fingerprint density at radius 3 is 2.59 bits per heavy atom. The van der Waals surface area contributed by atoms with Gasteiger partial charge in [0.1, 0.15) is 12.0 Å². The first-order valence-electron chi connectivity index (χ1n) is 7.20. The summed E-state index contributed by atoms with van der Waals surface area (Å²) in [6.45, 7) is 3.81. The molecule has 0 spiro atoms. The molecule has 0 radical (unpaired) electrons. The molecule has 116 valence electrons. The zero-order chi connectivity index (χ0) is 15.5. The molecule has 22 heavy (non-hydrogen) atoms. The minimum absolute atomic E-state index is 0.548. The van der Waals surface area contributed by atoms with Crippen molar-refractivity contribution < 1.29 is 0 Å². The van der Waals surface area contributed by atoms with Crippen molar-refractivity contribution in [2.24, 2.45) is 0 Å². The van der Waals surface area contributed by atoms with Crippen LogP contribution in [0.5, 0.6) is 0 Å². The van der Waals surface area contributed by atoms with Crippen LogP contribution in [-0.4, -0.2) is 48.1 Å². The Bertz CT molecular complexity index is 654. The Labute approximate surface area is 134 Å². The number of hydrogen-bond donors (Lipinski definition) is 2. The van der Waals surface area contributed by atoms with Gasteiger partial charge in [0, 0.05) is 26.2 Å². The van der Waals surface area contributed by atoms with Gasteiger partial charge >= 0.3 is 0 Å². The number of nitrogens with zero attached hydrogens (tertiary/aromatic N) is 4. The summed E-state index contributed by atoms with van der Waals surface area (Å²) >= 11 is 6.17. The van der Waals surface area contributed by atoms with Crippen LogP contribution in [0.1, 0.15) is 0 Å². The van der Waals surface area contributed by atoms with Crippen LogP contribution in [0.4, 0.5) is 23.0 Å². The third-order valence-corrected chi connectivity index (χ3v) is 4.12. The predicted octanol–water partition coefficient (Wildman–Crippen LogP) is 2.21. The maximum absolute atomic E-state index is 6.26. The average Bonchev–Trinajstić information content (AvgIpc) is 2.52. The van der Waals surface area contributed by atoms with Gasteiger partial charge < -0.3 is 20.9 Å². The van der Waals surface area contributed by atoms with E-state index in [0.717, 1.165) is 37.7 Å². The van der Waals surface area contributed by atoms with Gasteiger partial charge in [-0.25, -0.2) is 9.97 Å². The molecule has 0 bridgehead atoms. The minimum atomic E-state index is 0.548. The van der Waals surface area contributed by atoms with Gasteiger partial charge in [-0.2, -0.15) is 0 Å². The number of nitrogen functional groups attached to an aromatic ring is 1. The summed E-state index contributed by atoms with van der Waals surface area (Å²) in [5, 5.41) is 3.81. The molecule has 1 saturated heterocycles. The summed E-state index contributed by atoms with van der Waals surface area (Å²) in [7, 11) is 2.12. The number of likely N-dealkylation sites (N-methyl/N-ethyl adjacent to an activating group) is 1. The lowest BCUT2D eigenvalue weighted by Gasteiger charge is -2.33. The lowest BCUT2D eigenvalue weighted by atomic mass is 10.3. The number of piperazine rings is 1. The quantitative estimate of drug-likeness (QED) is 0.904. The molecule has 3 N–H and O–H groups in total. The molecule has 3 rings (SSSR count). The highest BCUT2D eigenvalue weighted by Gasteiger charge is 2.19. The average molecular weight is 319 g/mol. The zero-order valence-corrected chi connectivity index (χ0v) is 13.2. The SMILES string of the molecule is CN1CCN(c2ncnc(Nc3ccccc3Cl)c2N)CC1. The molecule has 2 heterocycles. The van der Waals surface area contributed by atoms with Crippen LogP contribution in [0.25, 0.3) is 0 Å². The molecular formula is C15H19ClN6. The van der Waals surface area contributed by atoms with Crippen molar-refractivity contribution in [2.75, 3.05) is 49.2 Å². The van der Waals surface area contributed by atoms with Gasteiger partial charge in [0.25, 0.3) is 0 Å². The molecule has 7 heteroatoms. The van der Waals surface area contributed by atoms with E-state index >= 15 is 0 Å². The zero-order valence-electron chi connectivity index (χ0n) is 12.5. The van der Waals surface area contributed by atoms with E-state index in [4.69, 9.17) is 17.3 Å². The Balaban J connectivity index is 1.84. The molecule has 0 aliphatic carbocycles. The highest BCUT2D eigenvalue weighted by molar-refractivity contribution is 6.33. The Morgan fingerprint density at radius 2 is 1.86 bits per heavy atom. The van der Waals surface area contributed by atoms with Gasteiger partial charge in [-0.1, -0.05) is 23.7 Å². The maximum atomic E-state index is 6.26. The topological polar surface area (TPSA) is 70.3 Å². The maximum Gasteiger partial charge on any atom is 0.159 e. The van der Waals surface area contributed by atoms with Crippen molar-refractivity contribution in [2.45, 2.75) is 0 Å². The van der Waals surface area contributed by atoms with Crippen LogP contribution in [-0.2, 0) is 0 Å². The van der Waals surface area contributed by atoms with E-state index in [2.05, 4.69) is 32.1 Å². The molecule has 1 aliphatic heterocycles. The van der Waals surface area contributed by atoms with E-state index in [1.54, 1.807) is 0 Å². The molecule has 6 nitrogen and oxygen atoms in total. The standard InChI is InChI=1S/C15H19ClN6/c1-21-6-8-22(9-7-21)15-13(17)14(18-10-19-15)20-12-5-3-2-4-11(12)16/h2-5,10H,6-9,17H2,1H3,(H,18,19,20). The van der Waals surface area contributed by atoms with E-state index in [1.165, 1.54) is 6.33 Å². The number of nitrogens with two attached hydrogens (primary N) is 1. The van der Waals surface area contributed by atoms with Gasteiger partial charge in [-0.15, -0.1) is 0 Å². The van der Waals surface area contributed by atoms with Gasteiger partial charge in [0.15, 0.2) is 11.6 Å². The van der Waals surface area contributed by atoms with Gasteiger partial charge in [0.05, 0.1) is 10.7 Å².